The number of hydrogen-bond donors (Lipinski definition) is 2. The maximum Gasteiger partial charge on any atom is 0.273 e. The maximum atomic E-state index is 9.09. The molecule has 0 heterocycles. The molecule has 0 aromatic heterocycles. The number of hydrogen-bond acceptors (Lipinski definition) is 3. The molecular formula is C10H21N2O2S2Si. The average Bonchev–Trinajstić information content (AvgIpc) is 2.20. The van der Waals surface area contributed by atoms with Gasteiger partial charge in [0.1, 0.15) is 0 Å². The minimum Gasteiger partial charge on any atom is -0.471 e. The van der Waals surface area contributed by atoms with E-state index in [-0.39, 0.29) is 0 Å². The quantitative estimate of drug-likeness (QED) is 0.474. The van der Waals surface area contributed by atoms with Gasteiger partial charge in [0.15, 0.2) is 0 Å². The van der Waals surface area contributed by atoms with E-state index in [0.29, 0.717) is 11.8 Å². The van der Waals surface area contributed by atoms with Crippen LogP contribution in [0.2, 0.25) is 0 Å². The van der Waals surface area contributed by atoms with Gasteiger partial charge in [0.25, 0.3) is 10.4 Å². The second-order valence-corrected chi connectivity index (χ2v) is 3.61. The van der Waals surface area contributed by atoms with Crippen molar-refractivity contribution in [3.63, 3.8) is 0 Å². The third kappa shape index (κ3) is 25.6. The van der Waals surface area contributed by atoms with Gasteiger partial charge in [-0.05, 0) is 33.0 Å². The lowest BCUT2D eigenvalue weighted by atomic mass is 10.6. The minimum absolute atomic E-state index is 0.618. The van der Waals surface area contributed by atoms with E-state index in [2.05, 4.69) is 49.0 Å². The van der Waals surface area contributed by atoms with E-state index in [9.17, 15) is 0 Å². The van der Waals surface area contributed by atoms with Crippen molar-refractivity contribution in [3.8, 4) is 0 Å². The van der Waals surface area contributed by atoms with Crippen molar-refractivity contribution in [2.75, 3.05) is 19.7 Å². The summed E-state index contributed by atoms with van der Waals surface area (Å²) in [7, 11) is 2.95. The number of thiol groups is 1. The van der Waals surface area contributed by atoms with Crippen LogP contribution in [0.3, 0.4) is 0 Å². The molecule has 0 aliphatic rings. The molecule has 0 aliphatic heterocycles. The highest BCUT2D eigenvalue weighted by Gasteiger charge is 2.03. The van der Waals surface area contributed by atoms with Crippen molar-refractivity contribution >= 4 is 45.5 Å². The molecule has 0 aromatic rings. The largest absolute Gasteiger partial charge is 0.471 e. The third-order valence-corrected chi connectivity index (χ3v) is 1.67. The Hall–Kier alpha value is -0.533. The number of amides is 1. The Balaban J connectivity index is -0.000000232. The number of nitrogens with two attached hydrogens (primary N) is 1. The van der Waals surface area contributed by atoms with Gasteiger partial charge in [0, 0.05) is 13.1 Å². The predicted octanol–water partition coefficient (Wildman–Crippen LogP) is 1.94. The molecule has 0 saturated carbocycles. The van der Waals surface area contributed by atoms with Gasteiger partial charge < -0.3 is 15.4 Å². The first-order chi connectivity index (χ1) is 7.90. The third-order valence-electron chi connectivity index (χ3n) is 1.29. The molecule has 0 unspecified atom stereocenters. The highest BCUT2D eigenvalue weighted by atomic mass is 32.1. The van der Waals surface area contributed by atoms with Crippen LogP contribution in [0.1, 0.15) is 20.8 Å². The molecule has 2 N–H and O–H groups in total. The zero-order valence-electron chi connectivity index (χ0n) is 10.6. The molecule has 0 saturated heterocycles. The van der Waals surface area contributed by atoms with Gasteiger partial charge in [-0.15, -0.1) is 12.3 Å². The van der Waals surface area contributed by atoms with E-state index >= 15 is 0 Å². The lowest BCUT2D eigenvalue weighted by molar-refractivity contribution is 0.264. The second-order valence-electron chi connectivity index (χ2n) is 2.41. The van der Waals surface area contributed by atoms with E-state index in [1.54, 1.807) is 5.70 Å². The zero-order valence-corrected chi connectivity index (χ0v) is 13.3. The van der Waals surface area contributed by atoms with Gasteiger partial charge in [-0.3, -0.25) is 4.79 Å². The minimum atomic E-state index is -0.639. The van der Waals surface area contributed by atoms with E-state index in [0.717, 1.165) is 13.1 Å². The predicted molar refractivity (Wildman–Crippen MR) is 81.7 cm³/mol. The zero-order chi connectivity index (χ0) is 14.3. The Bertz CT molecular complexity index is 208. The van der Waals surface area contributed by atoms with Gasteiger partial charge in [-0.1, -0.05) is 12.6 Å². The first-order valence-corrected chi connectivity index (χ1v) is 6.52. The van der Waals surface area contributed by atoms with Crippen LogP contribution in [-0.4, -0.2) is 45.3 Å². The summed E-state index contributed by atoms with van der Waals surface area (Å²) in [5, 5.41) is -0.0208. The highest BCUT2D eigenvalue weighted by molar-refractivity contribution is 7.96. The fourth-order valence-corrected chi connectivity index (χ4v) is 1.07. The van der Waals surface area contributed by atoms with Crippen LogP contribution in [0.5, 0.6) is 0 Å². The number of primary amides is 1. The molecule has 17 heavy (non-hydrogen) atoms. The summed E-state index contributed by atoms with van der Waals surface area (Å²) in [4.78, 5) is 11.1. The van der Waals surface area contributed by atoms with E-state index in [1.807, 2.05) is 11.8 Å². The van der Waals surface area contributed by atoms with Crippen LogP contribution in [0.4, 0.5) is 4.79 Å². The van der Waals surface area contributed by atoms with Crippen LogP contribution < -0.4 is 5.73 Å². The van der Waals surface area contributed by atoms with Gasteiger partial charge >= 0.3 is 0 Å². The Morgan fingerprint density at radius 1 is 1.53 bits per heavy atom. The normalized spacial score (nSPS) is 7.59. The van der Waals surface area contributed by atoms with Crippen LogP contribution >= 0.6 is 24.8 Å². The van der Waals surface area contributed by atoms with Crippen LogP contribution in [0.15, 0.2) is 12.3 Å². The van der Waals surface area contributed by atoms with Gasteiger partial charge in [-0.25, -0.2) is 0 Å². The number of ether oxygens (including phenoxy) is 1. The number of rotatable bonds is 3. The molecule has 0 bridgehead atoms. The summed E-state index contributed by atoms with van der Waals surface area (Å²) in [5.74, 6) is 0. The molecule has 7 heteroatoms. The fraction of sp³-hybridized carbons (Fsp3) is 0.600. The monoisotopic (exact) mass is 293 g/mol. The van der Waals surface area contributed by atoms with Crippen molar-refractivity contribution in [1.29, 1.82) is 0 Å². The second kappa shape index (κ2) is 17.8. The molecule has 4 nitrogen and oxygen atoms in total. The van der Waals surface area contributed by atoms with Gasteiger partial charge in [-0.2, -0.15) is 0 Å². The topological polar surface area (TPSA) is 55.6 Å². The summed E-state index contributed by atoms with van der Waals surface area (Å²) < 4.78 is 5.14. The standard InChI is InChI=1S/C7H15NOS.C2H3Si.CH3NOS/c1-4-8(5-2)7(10)9-6-3;1-2-3;2-1(3)4/h4-6H2,1-3H3;2H,1H2;(H3,2,3,4). The van der Waals surface area contributed by atoms with Gasteiger partial charge in [0.2, 0.25) is 0 Å². The Kier molecular flexibility index (Phi) is 22.8. The van der Waals surface area contributed by atoms with E-state index in [4.69, 9.17) is 21.7 Å². The van der Waals surface area contributed by atoms with Crippen molar-refractivity contribution < 1.29 is 9.53 Å². The summed E-state index contributed by atoms with van der Waals surface area (Å²) in [6, 6.07) is 0. The molecule has 1 amide bonds. The molecule has 0 fully saturated rings. The fourth-order valence-electron chi connectivity index (χ4n) is 0.697. The average molecular weight is 294 g/mol. The molecule has 0 aromatic carbocycles. The van der Waals surface area contributed by atoms with Crippen molar-refractivity contribution in [2.45, 2.75) is 20.8 Å². The maximum absolute atomic E-state index is 9.09. The Labute approximate surface area is 118 Å². The summed E-state index contributed by atoms with van der Waals surface area (Å²) in [6.07, 6.45) is 0. The highest BCUT2D eigenvalue weighted by Crippen LogP contribution is 1.92. The number of carbonyl (C=O) groups is 1. The molecule has 3 radical (unpaired) electrons. The van der Waals surface area contributed by atoms with Gasteiger partial charge in [0.05, 0.1) is 16.8 Å². The molecule has 0 aliphatic carbocycles. The Morgan fingerprint density at radius 3 is 2.00 bits per heavy atom. The molecule has 0 spiro atoms. The first kappa shape index (κ1) is 21.7. The smallest absolute Gasteiger partial charge is 0.273 e. The molecular weight excluding hydrogens is 272 g/mol. The lowest BCUT2D eigenvalue weighted by Crippen LogP contribution is -2.30. The number of nitrogens with zero attached hydrogens (tertiary/aromatic N) is 1. The summed E-state index contributed by atoms with van der Waals surface area (Å²) >= 11 is 8.08. The van der Waals surface area contributed by atoms with Crippen LogP contribution in [0, 0.1) is 0 Å². The van der Waals surface area contributed by atoms with Crippen LogP contribution in [-0.2, 0) is 4.74 Å². The SMILES string of the molecule is C=C[Si].CCOC(=S)N(CC)CC.NC(=O)S. The lowest BCUT2D eigenvalue weighted by Gasteiger charge is -2.20. The summed E-state index contributed by atoms with van der Waals surface area (Å²) in [6.45, 7) is 11.9. The van der Waals surface area contributed by atoms with Crippen molar-refractivity contribution in [2.24, 2.45) is 5.73 Å². The molecule has 99 valence electrons. The van der Waals surface area contributed by atoms with Crippen molar-refractivity contribution in [1.82, 2.24) is 4.90 Å². The molecule has 0 rings (SSSR count). The number of thiocarbonyl (C=S) groups is 1. The number of carbonyl (C=O) groups excluding carboxylic acids is 1. The van der Waals surface area contributed by atoms with Crippen molar-refractivity contribution in [3.05, 3.63) is 12.3 Å². The van der Waals surface area contributed by atoms with Crippen LogP contribution in [0.25, 0.3) is 0 Å². The summed E-state index contributed by atoms with van der Waals surface area (Å²) in [5.41, 5.74) is 5.89. The Morgan fingerprint density at radius 2 is 1.82 bits per heavy atom. The first-order valence-electron chi connectivity index (χ1n) is 5.09. The molecule has 0 atom stereocenters. The van der Waals surface area contributed by atoms with E-state index in [1.165, 1.54) is 0 Å². The van der Waals surface area contributed by atoms with E-state index < -0.39 is 5.24 Å².